The van der Waals surface area contributed by atoms with Crippen LogP contribution in [0.1, 0.15) is 5.56 Å². The molecule has 66 valence electrons. The van der Waals surface area contributed by atoms with E-state index in [0.717, 1.165) is 12.1 Å². The normalized spacial score (nSPS) is 11.6. The molecule has 1 rings (SSSR count). The van der Waals surface area contributed by atoms with Crippen LogP contribution in [0.25, 0.3) is 0 Å². The summed E-state index contributed by atoms with van der Waals surface area (Å²) in [7, 11) is -4.79. The van der Waals surface area contributed by atoms with Gasteiger partial charge in [0, 0.05) is 0 Å². The summed E-state index contributed by atoms with van der Waals surface area (Å²) in [6.07, 6.45) is 0. The first kappa shape index (κ1) is 9.12. The zero-order valence-electron chi connectivity index (χ0n) is 6.21. The maximum Gasteiger partial charge on any atom is 0.332 e. The maximum absolute atomic E-state index is 12.5. The first-order valence-electron chi connectivity index (χ1n) is 3.11. The van der Waals surface area contributed by atoms with Gasteiger partial charge in [-0.05, 0) is 30.7 Å². The molecule has 0 radical (unpaired) electrons. The van der Waals surface area contributed by atoms with Crippen LogP contribution < -0.4 is 0 Å². The van der Waals surface area contributed by atoms with Crippen LogP contribution in [-0.2, 0) is 10.2 Å². The molecule has 0 bridgehead atoms. The van der Waals surface area contributed by atoms with Crippen molar-refractivity contribution in [1.29, 1.82) is 0 Å². The van der Waals surface area contributed by atoms with Crippen molar-refractivity contribution in [2.75, 3.05) is 0 Å². The molecule has 0 aliphatic heterocycles. The first-order chi connectivity index (χ1) is 5.39. The van der Waals surface area contributed by atoms with Gasteiger partial charge in [-0.2, -0.15) is 8.42 Å². The Balaban J connectivity index is 3.37. The fourth-order valence-electron chi connectivity index (χ4n) is 0.844. The molecule has 0 saturated heterocycles. The molecule has 0 atom stereocenters. The molecule has 0 fully saturated rings. The van der Waals surface area contributed by atoms with E-state index in [1.54, 1.807) is 0 Å². The van der Waals surface area contributed by atoms with Crippen molar-refractivity contribution in [3.05, 3.63) is 29.6 Å². The fraction of sp³-hybridized carbons (Fsp3) is 0.143. The summed E-state index contributed by atoms with van der Waals surface area (Å²) >= 11 is 0. The van der Waals surface area contributed by atoms with E-state index in [2.05, 4.69) is 0 Å². The van der Waals surface area contributed by atoms with Gasteiger partial charge in [0.1, 0.15) is 10.7 Å². The molecule has 0 unspecified atom stereocenters. The smallest absolute Gasteiger partial charge is 0.207 e. The summed E-state index contributed by atoms with van der Waals surface area (Å²) in [6, 6.07) is 2.83. The largest absolute Gasteiger partial charge is 0.332 e. The number of benzene rings is 1. The van der Waals surface area contributed by atoms with Gasteiger partial charge in [-0.15, -0.1) is 3.89 Å². The summed E-state index contributed by atoms with van der Waals surface area (Å²) in [4.78, 5) is -0.639. The molecule has 2 nitrogen and oxygen atoms in total. The van der Waals surface area contributed by atoms with Crippen LogP contribution in [0.2, 0.25) is 0 Å². The van der Waals surface area contributed by atoms with Crippen LogP contribution in [0.3, 0.4) is 0 Å². The van der Waals surface area contributed by atoms with Crippen molar-refractivity contribution in [1.82, 2.24) is 0 Å². The third-order valence-electron chi connectivity index (χ3n) is 1.30. The van der Waals surface area contributed by atoms with Crippen molar-refractivity contribution in [3.63, 3.8) is 0 Å². The number of rotatable bonds is 1. The van der Waals surface area contributed by atoms with Gasteiger partial charge >= 0.3 is 10.2 Å². The summed E-state index contributed by atoms with van der Waals surface area (Å²) in [5, 5.41) is 0. The van der Waals surface area contributed by atoms with Crippen LogP contribution in [0.15, 0.2) is 23.1 Å². The van der Waals surface area contributed by atoms with E-state index in [1.165, 1.54) is 6.92 Å². The molecule has 12 heavy (non-hydrogen) atoms. The minimum Gasteiger partial charge on any atom is -0.207 e. The van der Waals surface area contributed by atoms with E-state index in [-0.39, 0.29) is 0 Å². The predicted octanol–water partition coefficient (Wildman–Crippen LogP) is 1.79. The van der Waals surface area contributed by atoms with Gasteiger partial charge < -0.3 is 0 Å². The second kappa shape index (κ2) is 2.82. The Kier molecular flexibility index (Phi) is 2.14. The summed E-state index contributed by atoms with van der Waals surface area (Å²) < 4.78 is 45.4. The second-order valence-electron chi connectivity index (χ2n) is 2.40. The number of aryl methyl sites for hydroxylation is 1. The Morgan fingerprint density at radius 1 is 1.25 bits per heavy atom. The maximum atomic E-state index is 12.5. The van der Waals surface area contributed by atoms with Crippen molar-refractivity contribution in [3.8, 4) is 0 Å². The van der Waals surface area contributed by atoms with Gasteiger partial charge in [0.25, 0.3) is 0 Å². The van der Waals surface area contributed by atoms with Crippen LogP contribution in [0.5, 0.6) is 0 Å². The van der Waals surface area contributed by atoms with E-state index >= 15 is 0 Å². The number of hydrogen-bond donors (Lipinski definition) is 0. The Hall–Kier alpha value is -0.970. The molecule has 0 amide bonds. The molecule has 0 aromatic heterocycles. The Morgan fingerprint density at radius 3 is 2.25 bits per heavy atom. The SMILES string of the molecule is Cc1cc(F)cc(S(=O)(=O)F)c1. The van der Waals surface area contributed by atoms with Crippen LogP contribution in [0, 0.1) is 12.7 Å². The van der Waals surface area contributed by atoms with Crippen molar-refractivity contribution >= 4 is 10.2 Å². The van der Waals surface area contributed by atoms with Crippen LogP contribution in [-0.4, -0.2) is 8.42 Å². The quantitative estimate of drug-likeness (QED) is 0.636. The lowest BCUT2D eigenvalue weighted by atomic mass is 10.2. The Morgan fingerprint density at radius 2 is 1.83 bits per heavy atom. The Labute approximate surface area is 69.0 Å². The molecule has 0 saturated carbocycles. The van der Waals surface area contributed by atoms with Gasteiger partial charge in [-0.3, -0.25) is 0 Å². The summed E-state index contributed by atoms with van der Waals surface area (Å²) in [5.74, 6) is -0.758. The molecule has 0 N–H and O–H groups in total. The Bertz CT molecular complexity index is 378. The lowest BCUT2D eigenvalue weighted by Gasteiger charge is -1.96. The average molecular weight is 192 g/mol. The lowest BCUT2D eigenvalue weighted by molar-refractivity contribution is 0.549. The van der Waals surface area contributed by atoms with Gasteiger partial charge in [0.15, 0.2) is 0 Å². The monoisotopic (exact) mass is 192 g/mol. The predicted molar refractivity (Wildman–Crippen MR) is 39.4 cm³/mol. The molecule has 0 heterocycles. The number of hydrogen-bond acceptors (Lipinski definition) is 2. The number of halogens is 2. The lowest BCUT2D eigenvalue weighted by Crippen LogP contribution is -1.93. The average Bonchev–Trinajstić information content (AvgIpc) is 1.82. The highest BCUT2D eigenvalue weighted by atomic mass is 32.3. The third kappa shape index (κ3) is 2.01. The minimum absolute atomic E-state index is 0.367. The van der Waals surface area contributed by atoms with E-state index in [1.807, 2.05) is 0 Å². The molecule has 1 aromatic carbocycles. The van der Waals surface area contributed by atoms with Crippen LogP contribution >= 0.6 is 0 Å². The molecule has 0 aliphatic carbocycles. The van der Waals surface area contributed by atoms with Gasteiger partial charge in [0.2, 0.25) is 0 Å². The standard InChI is InChI=1S/C7H6F2O2S/c1-5-2-6(8)4-7(3-5)12(9,10)11/h2-4H,1H3. The summed E-state index contributed by atoms with van der Waals surface area (Å²) in [5.41, 5.74) is 0.367. The van der Waals surface area contributed by atoms with Crippen LogP contribution in [0.4, 0.5) is 8.28 Å². The van der Waals surface area contributed by atoms with E-state index < -0.39 is 20.9 Å². The van der Waals surface area contributed by atoms with Crippen molar-refractivity contribution < 1.29 is 16.7 Å². The fourth-order valence-corrected chi connectivity index (χ4v) is 1.42. The molecule has 0 aliphatic rings. The highest BCUT2D eigenvalue weighted by Gasteiger charge is 2.12. The minimum atomic E-state index is -4.79. The zero-order valence-corrected chi connectivity index (χ0v) is 7.03. The first-order valence-corrected chi connectivity index (χ1v) is 4.50. The molecule has 5 heteroatoms. The van der Waals surface area contributed by atoms with Crippen molar-refractivity contribution in [2.24, 2.45) is 0 Å². The molecule has 0 spiro atoms. The van der Waals surface area contributed by atoms with Gasteiger partial charge in [0.05, 0.1) is 0 Å². The molecular formula is C7H6F2O2S. The zero-order chi connectivity index (χ0) is 9.35. The summed E-state index contributed by atoms with van der Waals surface area (Å²) in [6.45, 7) is 1.48. The van der Waals surface area contributed by atoms with Gasteiger partial charge in [-0.1, -0.05) is 0 Å². The van der Waals surface area contributed by atoms with E-state index in [0.29, 0.717) is 11.6 Å². The highest BCUT2D eigenvalue weighted by Crippen LogP contribution is 2.15. The van der Waals surface area contributed by atoms with E-state index in [9.17, 15) is 16.7 Å². The second-order valence-corrected chi connectivity index (χ2v) is 3.75. The van der Waals surface area contributed by atoms with Crippen molar-refractivity contribution in [2.45, 2.75) is 11.8 Å². The molecule has 1 aromatic rings. The molecular weight excluding hydrogens is 186 g/mol. The van der Waals surface area contributed by atoms with E-state index in [4.69, 9.17) is 0 Å². The third-order valence-corrected chi connectivity index (χ3v) is 2.10. The van der Waals surface area contributed by atoms with Gasteiger partial charge in [-0.25, -0.2) is 4.39 Å². The highest BCUT2D eigenvalue weighted by molar-refractivity contribution is 7.86. The topological polar surface area (TPSA) is 34.1 Å².